The quantitative estimate of drug-likeness (QED) is 0.164. The molecule has 0 spiro atoms. The Morgan fingerprint density at radius 2 is 1.21 bits per heavy atom. The third-order valence-corrected chi connectivity index (χ3v) is 10.4. The highest BCUT2D eigenvalue weighted by atomic mass is 15.0. The Balaban J connectivity index is 1.42. The highest BCUT2D eigenvalue weighted by Crippen LogP contribution is 2.46. The molecule has 0 atom stereocenters. The zero-order chi connectivity index (χ0) is 35.5. The number of aromatic nitrogens is 4. The van der Waals surface area contributed by atoms with E-state index in [4.69, 9.17) is 9.97 Å². The van der Waals surface area contributed by atoms with E-state index in [0.29, 0.717) is 5.82 Å². The molecule has 0 bridgehead atoms. The van der Waals surface area contributed by atoms with Gasteiger partial charge < -0.3 is 9.13 Å². The second-order valence-corrected chi connectivity index (χ2v) is 13.4. The molecule has 0 aliphatic heterocycles. The SMILES string of the molecule is C=C/C=C(\C=C/C)n1c2cc3ccccc3cc2c2c3c4c5ccccc5ccc4n(-c4cnc(-c5ccccc5)nc4-c4ccccc4)c3ccc21. The lowest BCUT2D eigenvalue weighted by molar-refractivity contribution is 1.09. The van der Waals surface area contributed by atoms with Crippen molar-refractivity contribution in [3.63, 3.8) is 0 Å². The zero-order valence-electron chi connectivity index (χ0n) is 29.2. The molecule has 0 unspecified atom stereocenters. The summed E-state index contributed by atoms with van der Waals surface area (Å²) in [6, 6.07) is 51.8. The molecule has 10 rings (SSSR count). The molecule has 0 radical (unpaired) electrons. The predicted molar refractivity (Wildman–Crippen MR) is 225 cm³/mol. The Hall–Kier alpha value is -7.04. The van der Waals surface area contributed by atoms with E-state index in [9.17, 15) is 0 Å². The third-order valence-electron chi connectivity index (χ3n) is 10.4. The molecule has 3 aromatic heterocycles. The molecular weight excluding hydrogens is 645 g/mol. The standard InChI is InChI=1S/C49H34N4/c1-3-15-37(16-4-2)52-40-27-28-42-47(46(40)39-29-35-22-11-12-23-36(35)30-43(39)52)45-38-24-14-13-17-32(38)25-26-41(45)53(42)44-31-50-49(34-20-9-6-10-21-34)51-48(44)33-18-7-5-8-19-33/h3-31H,1H2,2H3/b16-4-,37-15+. The van der Waals surface area contributed by atoms with E-state index in [1.807, 2.05) is 36.5 Å². The molecule has 10 aromatic rings. The molecule has 0 fully saturated rings. The molecule has 250 valence electrons. The van der Waals surface area contributed by atoms with Gasteiger partial charge >= 0.3 is 0 Å². The van der Waals surface area contributed by atoms with Gasteiger partial charge in [-0.15, -0.1) is 0 Å². The molecule has 0 aliphatic rings. The lowest BCUT2D eigenvalue weighted by Gasteiger charge is -2.14. The van der Waals surface area contributed by atoms with Gasteiger partial charge in [-0.3, -0.25) is 0 Å². The number of rotatable bonds is 6. The van der Waals surface area contributed by atoms with Crippen LogP contribution in [-0.4, -0.2) is 19.1 Å². The fraction of sp³-hybridized carbons (Fsp3) is 0.0204. The molecule has 4 nitrogen and oxygen atoms in total. The summed E-state index contributed by atoms with van der Waals surface area (Å²) in [6.07, 6.45) is 10.2. The van der Waals surface area contributed by atoms with Crippen LogP contribution in [0.25, 0.3) is 99.2 Å². The number of benzene rings is 7. The van der Waals surface area contributed by atoms with Gasteiger partial charge in [0.05, 0.1) is 39.6 Å². The second-order valence-electron chi connectivity index (χ2n) is 13.4. The maximum atomic E-state index is 5.30. The van der Waals surface area contributed by atoms with Gasteiger partial charge in [0.1, 0.15) is 0 Å². The largest absolute Gasteiger partial charge is 0.309 e. The number of fused-ring (bicyclic) bond motifs is 10. The minimum Gasteiger partial charge on any atom is -0.309 e. The van der Waals surface area contributed by atoms with Crippen molar-refractivity contribution in [3.8, 4) is 28.3 Å². The van der Waals surface area contributed by atoms with Crippen LogP contribution in [0.5, 0.6) is 0 Å². The van der Waals surface area contributed by atoms with Crippen molar-refractivity contribution < 1.29 is 0 Å². The summed E-state index contributed by atoms with van der Waals surface area (Å²) >= 11 is 0. The smallest absolute Gasteiger partial charge is 0.159 e. The normalized spacial score (nSPS) is 12.4. The van der Waals surface area contributed by atoms with Crippen LogP contribution in [-0.2, 0) is 0 Å². The molecule has 0 amide bonds. The van der Waals surface area contributed by atoms with E-state index >= 15 is 0 Å². The van der Waals surface area contributed by atoms with Gasteiger partial charge in [0.2, 0.25) is 0 Å². The van der Waals surface area contributed by atoms with E-state index in [0.717, 1.165) is 50.3 Å². The molecule has 0 aliphatic carbocycles. The Kier molecular flexibility index (Phi) is 7.15. The number of allylic oxidation sites excluding steroid dienone is 5. The maximum Gasteiger partial charge on any atom is 0.159 e. The summed E-state index contributed by atoms with van der Waals surface area (Å²) in [5, 5.41) is 9.66. The fourth-order valence-electron chi connectivity index (χ4n) is 8.17. The molecular formula is C49H34N4. The maximum absolute atomic E-state index is 5.30. The van der Waals surface area contributed by atoms with Gasteiger partial charge in [-0.1, -0.05) is 134 Å². The number of hydrogen-bond donors (Lipinski definition) is 0. The average molecular weight is 679 g/mol. The first kappa shape index (κ1) is 30.8. The van der Waals surface area contributed by atoms with Gasteiger partial charge in [-0.2, -0.15) is 0 Å². The van der Waals surface area contributed by atoms with Crippen LogP contribution in [0.2, 0.25) is 0 Å². The van der Waals surface area contributed by atoms with Crippen molar-refractivity contribution in [1.82, 2.24) is 19.1 Å². The van der Waals surface area contributed by atoms with Gasteiger partial charge in [0.15, 0.2) is 5.82 Å². The van der Waals surface area contributed by atoms with Crippen LogP contribution in [0.3, 0.4) is 0 Å². The third kappa shape index (κ3) is 4.77. The Labute approximate surface area is 306 Å². The summed E-state index contributed by atoms with van der Waals surface area (Å²) in [4.78, 5) is 10.3. The first-order valence-electron chi connectivity index (χ1n) is 18.0. The molecule has 0 saturated heterocycles. The fourth-order valence-corrected chi connectivity index (χ4v) is 8.17. The van der Waals surface area contributed by atoms with Gasteiger partial charge in [0.25, 0.3) is 0 Å². The summed E-state index contributed by atoms with van der Waals surface area (Å²) in [6.45, 7) is 6.15. The molecule has 4 heteroatoms. The van der Waals surface area contributed by atoms with Crippen LogP contribution in [0.1, 0.15) is 6.92 Å². The highest BCUT2D eigenvalue weighted by molar-refractivity contribution is 6.34. The Bertz CT molecular complexity index is 3120. The summed E-state index contributed by atoms with van der Waals surface area (Å²) < 4.78 is 4.77. The van der Waals surface area contributed by atoms with E-state index < -0.39 is 0 Å². The van der Waals surface area contributed by atoms with Crippen molar-refractivity contribution >= 4 is 70.9 Å². The van der Waals surface area contributed by atoms with E-state index in [1.165, 1.54) is 43.1 Å². The minimum absolute atomic E-state index is 0.697. The van der Waals surface area contributed by atoms with Crippen LogP contribution in [0.4, 0.5) is 0 Å². The van der Waals surface area contributed by atoms with Crippen LogP contribution in [0, 0.1) is 0 Å². The van der Waals surface area contributed by atoms with E-state index in [2.05, 4.69) is 162 Å². The lowest BCUT2D eigenvalue weighted by atomic mass is 9.99. The lowest BCUT2D eigenvalue weighted by Crippen LogP contribution is -2.02. The Morgan fingerprint density at radius 3 is 1.96 bits per heavy atom. The van der Waals surface area contributed by atoms with Gasteiger partial charge in [0, 0.05) is 38.4 Å². The first-order chi connectivity index (χ1) is 26.2. The highest BCUT2D eigenvalue weighted by Gasteiger charge is 2.24. The van der Waals surface area contributed by atoms with Crippen LogP contribution >= 0.6 is 0 Å². The monoisotopic (exact) mass is 678 g/mol. The van der Waals surface area contributed by atoms with Crippen LogP contribution in [0.15, 0.2) is 183 Å². The molecule has 53 heavy (non-hydrogen) atoms. The first-order valence-corrected chi connectivity index (χ1v) is 18.0. The van der Waals surface area contributed by atoms with E-state index in [1.54, 1.807) is 0 Å². The van der Waals surface area contributed by atoms with Crippen molar-refractivity contribution in [1.29, 1.82) is 0 Å². The predicted octanol–water partition coefficient (Wildman–Crippen LogP) is 12.9. The van der Waals surface area contributed by atoms with Gasteiger partial charge in [-0.05, 0) is 71.0 Å². The summed E-state index contributed by atoms with van der Waals surface area (Å²) in [5.41, 5.74) is 9.38. The zero-order valence-corrected chi connectivity index (χ0v) is 29.2. The van der Waals surface area contributed by atoms with Crippen molar-refractivity contribution in [2.45, 2.75) is 6.92 Å². The second kappa shape index (κ2) is 12.3. The molecule has 7 aromatic carbocycles. The number of hydrogen-bond acceptors (Lipinski definition) is 2. The minimum atomic E-state index is 0.697. The van der Waals surface area contributed by atoms with Crippen molar-refractivity contribution in [3.05, 3.63) is 183 Å². The molecule has 0 saturated carbocycles. The Morgan fingerprint density at radius 1 is 0.585 bits per heavy atom. The molecule has 0 N–H and O–H groups in total. The van der Waals surface area contributed by atoms with Crippen molar-refractivity contribution in [2.75, 3.05) is 0 Å². The average Bonchev–Trinajstić information content (AvgIpc) is 3.72. The number of nitrogens with zero attached hydrogens (tertiary/aromatic N) is 4. The topological polar surface area (TPSA) is 35.6 Å². The summed E-state index contributed by atoms with van der Waals surface area (Å²) in [7, 11) is 0. The van der Waals surface area contributed by atoms with Gasteiger partial charge in [-0.25, -0.2) is 9.97 Å². The molecule has 3 heterocycles. The van der Waals surface area contributed by atoms with Crippen molar-refractivity contribution in [2.24, 2.45) is 0 Å². The van der Waals surface area contributed by atoms with E-state index in [-0.39, 0.29) is 0 Å². The van der Waals surface area contributed by atoms with Crippen LogP contribution < -0.4 is 0 Å². The summed E-state index contributed by atoms with van der Waals surface area (Å²) in [5.74, 6) is 0.697.